The normalized spacial score (nSPS) is 14.2. The third kappa shape index (κ3) is 3.57. The van der Waals surface area contributed by atoms with Crippen LogP contribution in [0.1, 0.15) is 25.0 Å². The van der Waals surface area contributed by atoms with Gasteiger partial charge in [0.15, 0.2) is 0 Å². The number of hydrogen-bond acceptors (Lipinski definition) is 5. The molecule has 1 aliphatic rings. The Morgan fingerprint density at radius 2 is 1.81 bits per heavy atom. The molecule has 0 saturated heterocycles. The van der Waals surface area contributed by atoms with Crippen LogP contribution in [-0.4, -0.2) is 25.6 Å². The van der Waals surface area contributed by atoms with Crippen molar-refractivity contribution in [1.82, 2.24) is 10.2 Å². The fraction of sp³-hybridized carbons (Fsp3) is 0.278. The fourth-order valence-corrected chi connectivity index (χ4v) is 4.23. The van der Waals surface area contributed by atoms with Gasteiger partial charge in [0.25, 0.3) is 5.91 Å². The second-order valence-corrected chi connectivity index (χ2v) is 8.19. The van der Waals surface area contributed by atoms with E-state index in [-0.39, 0.29) is 10.8 Å². The fourth-order valence-electron chi connectivity index (χ4n) is 2.83. The smallest absolute Gasteiger partial charge is 0.261 e. The van der Waals surface area contributed by atoms with Gasteiger partial charge >= 0.3 is 0 Å². The molecule has 3 rings (SSSR count). The summed E-state index contributed by atoms with van der Waals surface area (Å²) in [5.41, 5.74) is 3.22. The Morgan fingerprint density at radius 3 is 2.50 bits per heavy atom. The van der Waals surface area contributed by atoms with Gasteiger partial charge in [-0.05, 0) is 35.7 Å². The van der Waals surface area contributed by atoms with E-state index in [9.17, 15) is 13.2 Å². The monoisotopic (exact) mass is 376 g/mol. The van der Waals surface area contributed by atoms with Crippen LogP contribution in [0, 0.1) is 5.92 Å². The van der Waals surface area contributed by atoms with Crippen LogP contribution in [0.4, 0.5) is 0 Å². The highest BCUT2D eigenvalue weighted by molar-refractivity contribution is 7.89. The molecule has 1 heterocycles. The van der Waals surface area contributed by atoms with E-state index < -0.39 is 22.0 Å². The van der Waals surface area contributed by atoms with Gasteiger partial charge in [0.2, 0.25) is 10.0 Å². The summed E-state index contributed by atoms with van der Waals surface area (Å²) in [5, 5.41) is 8.82. The first-order chi connectivity index (χ1) is 12.3. The van der Waals surface area contributed by atoms with Gasteiger partial charge < -0.3 is 4.74 Å². The lowest BCUT2D eigenvalue weighted by Gasteiger charge is -2.22. The highest BCUT2D eigenvalue weighted by Gasteiger charge is 2.29. The minimum atomic E-state index is -3.95. The summed E-state index contributed by atoms with van der Waals surface area (Å²) in [5.74, 6) is 0.216. The van der Waals surface area contributed by atoms with Crippen molar-refractivity contribution in [3.05, 3.63) is 53.6 Å². The first-order valence-electron chi connectivity index (χ1n) is 8.17. The van der Waals surface area contributed by atoms with Crippen molar-refractivity contribution < 1.29 is 23.2 Å². The number of carbonyl (C=O) groups is 1. The predicted octanol–water partition coefficient (Wildman–Crippen LogP) is 2.19. The van der Waals surface area contributed by atoms with E-state index in [0.29, 0.717) is 12.2 Å². The molecule has 26 heavy (non-hydrogen) atoms. The number of sulfonamides is 1. The SMILES string of the molecule is CC(C)C(NS(=O)(=O)c1ccc2c(c1)Cc1ccccc1O2)C(=O)NO. The van der Waals surface area contributed by atoms with E-state index in [0.717, 1.165) is 16.9 Å². The molecule has 1 unspecified atom stereocenters. The number of hydrogen-bond donors (Lipinski definition) is 3. The average Bonchev–Trinajstić information content (AvgIpc) is 2.63. The van der Waals surface area contributed by atoms with Crippen molar-refractivity contribution in [1.29, 1.82) is 0 Å². The summed E-state index contributed by atoms with van der Waals surface area (Å²) in [6.07, 6.45) is 0.555. The molecule has 0 spiro atoms. The van der Waals surface area contributed by atoms with Crippen LogP contribution in [0.15, 0.2) is 47.4 Å². The summed E-state index contributed by atoms with van der Waals surface area (Å²) in [6.45, 7) is 3.36. The number of carbonyl (C=O) groups excluding carboxylic acids is 1. The Balaban J connectivity index is 1.89. The molecule has 0 aromatic heterocycles. The van der Waals surface area contributed by atoms with E-state index in [2.05, 4.69) is 4.72 Å². The zero-order chi connectivity index (χ0) is 18.9. The largest absolute Gasteiger partial charge is 0.457 e. The highest BCUT2D eigenvalue weighted by Crippen LogP contribution is 2.37. The molecule has 0 radical (unpaired) electrons. The molecule has 1 atom stereocenters. The predicted molar refractivity (Wildman–Crippen MR) is 94.6 cm³/mol. The van der Waals surface area contributed by atoms with Crippen LogP contribution in [0.3, 0.4) is 0 Å². The maximum Gasteiger partial charge on any atom is 0.261 e. The van der Waals surface area contributed by atoms with Crippen LogP contribution < -0.4 is 14.9 Å². The maximum absolute atomic E-state index is 12.7. The second kappa shape index (κ2) is 7.06. The molecule has 7 nitrogen and oxygen atoms in total. The zero-order valence-electron chi connectivity index (χ0n) is 14.4. The van der Waals surface area contributed by atoms with Gasteiger partial charge in [-0.25, -0.2) is 13.9 Å². The maximum atomic E-state index is 12.7. The molecule has 8 heteroatoms. The number of fused-ring (bicyclic) bond motifs is 2. The van der Waals surface area contributed by atoms with Crippen molar-refractivity contribution in [2.24, 2.45) is 5.92 Å². The second-order valence-electron chi connectivity index (χ2n) is 6.48. The first-order valence-corrected chi connectivity index (χ1v) is 9.65. The topological polar surface area (TPSA) is 105 Å². The Kier molecular flexibility index (Phi) is 4.99. The van der Waals surface area contributed by atoms with Gasteiger partial charge in [-0.3, -0.25) is 10.0 Å². The Hall–Kier alpha value is -2.42. The summed E-state index contributed by atoms with van der Waals surface area (Å²) >= 11 is 0. The lowest BCUT2D eigenvalue weighted by Crippen LogP contribution is -2.48. The number of amides is 1. The molecular formula is C18H20N2O5S. The lowest BCUT2D eigenvalue weighted by molar-refractivity contribution is -0.131. The van der Waals surface area contributed by atoms with Crippen molar-refractivity contribution in [2.45, 2.75) is 31.2 Å². The van der Waals surface area contributed by atoms with Gasteiger partial charge in [-0.2, -0.15) is 4.72 Å². The third-order valence-electron chi connectivity index (χ3n) is 4.26. The molecule has 3 N–H and O–H groups in total. The van der Waals surface area contributed by atoms with Crippen LogP contribution in [0.2, 0.25) is 0 Å². The van der Waals surface area contributed by atoms with Crippen molar-refractivity contribution in [3.8, 4) is 11.5 Å². The molecule has 0 bridgehead atoms. The number of para-hydroxylation sites is 1. The number of hydroxylamine groups is 1. The van der Waals surface area contributed by atoms with Gasteiger partial charge in [0, 0.05) is 12.0 Å². The van der Waals surface area contributed by atoms with Gasteiger partial charge in [-0.15, -0.1) is 0 Å². The number of ether oxygens (including phenoxy) is 1. The summed E-state index contributed by atoms with van der Waals surface area (Å²) in [6, 6.07) is 11.1. The average molecular weight is 376 g/mol. The molecular weight excluding hydrogens is 356 g/mol. The van der Waals surface area contributed by atoms with Crippen LogP contribution in [0.5, 0.6) is 11.5 Å². The molecule has 138 valence electrons. The molecule has 1 aliphatic heterocycles. The molecule has 0 saturated carbocycles. The summed E-state index contributed by atoms with van der Waals surface area (Å²) in [7, 11) is -3.95. The quantitative estimate of drug-likeness (QED) is 0.468. The summed E-state index contributed by atoms with van der Waals surface area (Å²) < 4.78 is 33.5. The van der Waals surface area contributed by atoms with Crippen molar-refractivity contribution in [2.75, 3.05) is 0 Å². The highest BCUT2D eigenvalue weighted by atomic mass is 32.2. The van der Waals surface area contributed by atoms with Gasteiger partial charge in [0.1, 0.15) is 17.5 Å². The lowest BCUT2D eigenvalue weighted by atomic mass is 10.0. The Bertz CT molecular complexity index is 940. The minimum absolute atomic E-state index is 0.0376. The first kappa shape index (κ1) is 18.4. The summed E-state index contributed by atoms with van der Waals surface area (Å²) in [4.78, 5) is 11.8. The molecule has 0 fully saturated rings. The Morgan fingerprint density at radius 1 is 1.12 bits per heavy atom. The van der Waals surface area contributed by atoms with Crippen LogP contribution >= 0.6 is 0 Å². The standard InChI is InChI=1S/C18H20N2O5S/c1-11(2)17(18(21)19-22)20-26(23,24)14-7-8-16-13(10-14)9-12-5-3-4-6-15(12)25-16/h3-8,10-11,17,20,22H,9H2,1-2H3,(H,19,21). The molecule has 0 aliphatic carbocycles. The molecule has 1 amide bonds. The van der Waals surface area contributed by atoms with Gasteiger partial charge in [0.05, 0.1) is 4.90 Å². The van der Waals surface area contributed by atoms with E-state index in [1.54, 1.807) is 26.0 Å². The van der Waals surface area contributed by atoms with Crippen molar-refractivity contribution >= 4 is 15.9 Å². The minimum Gasteiger partial charge on any atom is -0.457 e. The van der Waals surface area contributed by atoms with Crippen molar-refractivity contribution in [3.63, 3.8) is 0 Å². The van der Waals surface area contributed by atoms with Gasteiger partial charge in [-0.1, -0.05) is 32.0 Å². The van der Waals surface area contributed by atoms with E-state index in [1.165, 1.54) is 11.5 Å². The number of rotatable bonds is 5. The van der Waals surface area contributed by atoms with Crippen LogP contribution in [0.25, 0.3) is 0 Å². The Labute approximate surface area is 152 Å². The number of benzene rings is 2. The van der Waals surface area contributed by atoms with Crippen LogP contribution in [-0.2, 0) is 21.2 Å². The van der Waals surface area contributed by atoms with E-state index >= 15 is 0 Å². The van der Waals surface area contributed by atoms with E-state index in [4.69, 9.17) is 9.94 Å². The van der Waals surface area contributed by atoms with E-state index in [1.807, 2.05) is 24.3 Å². The number of nitrogens with one attached hydrogen (secondary N) is 2. The molecule has 2 aromatic rings. The third-order valence-corrected chi connectivity index (χ3v) is 5.70. The zero-order valence-corrected chi connectivity index (χ0v) is 15.2. The molecule has 2 aromatic carbocycles.